The van der Waals surface area contributed by atoms with E-state index in [0.717, 1.165) is 38.8 Å². The van der Waals surface area contributed by atoms with E-state index in [1.165, 1.54) is 38.5 Å². The Hall–Kier alpha value is -1.10. The summed E-state index contributed by atoms with van der Waals surface area (Å²) in [6.07, 6.45) is 11.7. The van der Waals surface area contributed by atoms with Crippen LogP contribution in [0.1, 0.15) is 71.1 Å². The lowest BCUT2D eigenvalue weighted by Crippen LogP contribution is -2.52. The van der Waals surface area contributed by atoms with Crippen molar-refractivity contribution < 1.29 is 9.59 Å². The minimum Gasteiger partial charge on any atom is -0.335 e. The molecule has 1 heterocycles. The molecule has 2 fully saturated rings. The summed E-state index contributed by atoms with van der Waals surface area (Å²) in [6, 6.07) is -0.315. The molecule has 0 aromatic rings. The second-order valence-electron chi connectivity index (χ2n) is 6.78. The average Bonchev–Trinajstić information content (AvgIpc) is 2.47. The number of carbonyl (C=O) groups is 2. The second-order valence-corrected chi connectivity index (χ2v) is 6.78. The van der Waals surface area contributed by atoms with Crippen LogP contribution in [0.4, 0.5) is 4.79 Å². The van der Waals surface area contributed by atoms with Gasteiger partial charge in [0.1, 0.15) is 0 Å². The maximum absolute atomic E-state index is 12.3. The summed E-state index contributed by atoms with van der Waals surface area (Å²) >= 11 is 0. The molecular weight excluding hydrogens is 278 g/mol. The Balaban J connectivity index is 1.75. The van der Waals surface area contributed by atoms with E-state index in [9.17, 15) is 9.59 Å². The SMILES string of the molecule is CC(C(=O)NC(=O)NC1CCCCC1)N1CCCCCCC1. The Morgan fingerprint density at radius 3 is 2.09 bits per heavy atom. The van der Waals surface area contributed by atoms with Gasteiger partial charge < -0.3 is 5.32 Å². The molecule has 22 heavy (non-hydrogen) atoms. The van der Waals surface area contributed by atoms with Crippen LogP contribution in [0.3, 0.4) is 0 Å². The van der Waals surface area contributed by atoms with Crippen molar-refractivity contribution in [3.05, 3.63) is 0 Å². The smallest absolute Gasteiger partial charge is 0.321 e. The highest BCUT2D eigenvalue weighted by molar-refractivity contribution is 5.96. The van der Waals surface area contributed by atoms with Crippen molar-refractivity contribution >= 4 is 11.9 Å². The first-order valence-corrected chi connectivity index (χ1v) is 9.02. The van der Waals surface area contributed by atoms with Crippen molar-refractivity contribution in [2.24, 2.45) is 0 Å². The number of carbonyl (C=O) groups excluding carboxylic acids is 2. The van der Waals surface area contributed by atoms with E-state index in [0.29, 0.717) is 0 Å². The molecule has 0 aromatic carbocycles. The van der Waals surface area contributed by atoms with Gasteiger partial charge in [-0.15, -0.1) is 0 Å². The van der Waals surface area contributed by atoms with Crippen LogP contribution in [0, 0.1) is 0 Å². The van der Waals surface area contributed by atoms with Crippen LogP contribution in [0.15, 0.2) is 0 Å². The zero-order valence-corrected chi connectivity index (χ0v) is 13.9. The molecule has 0 spiro atoms. The maximum Gasteiger partial charge on any atom is 0.321 e. The zero-order valence-electron chi connectivity index (χ0n) is 13.9. The van der Waals surface area contributed by atoms with Gasteiger partial charge in [-0.3, -0.25) is 15.0 Å². The summed E-state index contributed by atoms with van der Waals surface area (Å²) < 4.78 is 0. The van der Waals surface area contributed by atoms with Gasteiger partial charge in [-0.2, -0.15) is 0 Å². The molecule has 5 nitrogen and oxygen atoms in total. The fraction of sp³-hybridized carbons (Fsp3) is 0.882. The molecule has 2 N–H and O–H groups in total. The topological polar surface area (TPSA) is 61.4 Å². The molecule has 0 aromatic heterocycles. The first kappa shape index (κ1) is 17.3. The molecule has 1 unspecified atom stereocenters. The van der Waals surface area contributed by atoms with Crippen LogP contribution in [0.25, 0.3) is 0 Å². The van der Waals surface area contributed by atoms with Crippen LogP contribution in [-0.4, -0.2) is 42.0 Å². The molecule has 1 aliphatic heterocycles. The fourth-order valence-corrected chi connectivity index (χ4v) is 3.51. The quantitative estimate of drug-likeness (QED) is 0.842. The lowest BCUT2D eigenvalue weighted by Gasteiger charge is -2.30. The molecule has 0 bridgehead atoms. The minimum absolute atomic E-state index is 0.172. The van der Waals surface area contributed by atoms with E-state index in [-0.39, 0.29) is 24.0 Å². The Bertz CT molecular complexity index is 359. The average molecular weight is 309 g/mol. The summed E-state index contributed by atoms with van der Waals surface area (Å²) in [5, 5.41) is 5.47. The van der Waals surface area contributed by atoms with Gasteiger partial charge in [-0.25, -0.2) is 4.79 Å². The summed E-state index contributed by atoms with van der Waals surface area (Å²) in [5.41, 5.74) is 0. The van der Waals surface area contributed by atoms with Crippen molar-refractivity contribution in [1.29, 1.82) is 0 Å². The fourth-order valence-electron chi connectivity index (χ4n) is 3.51. The molecule has 1 saturated heterocycles. The predicted molar refractivity (Wildman–Crippen MR) is 87.7 cm³/mol. The van der Waals surface area contributed by atoms with Crippen LogP contribution in [0.5, 0.6) is 0 Å². The van der Waals surface area contributed by atoms with E-state index in [1.54, 1.807) is 0 Å². The number of amides is 3. The van der Waals surface area contributed by atoms with Crippen molar-refractivity contribution in [2.45, 2.75) is 83.2 Å². The minimum atomic E-state index is -0.323. The monoisotopic (exact) mass is 309 g/mol. The Kier molecular flexibility index (Phi) is 7.16. The standard InChI is InChI=1S/C17H31N3O2/c1-14(20-12-8-3-2-4-9-13-20)16(21)19-17(22)18-15-10-6-5-7-11-15/h14-15H,2-13H2,1H3,(H2,18,19,21,22). The van der Waals surface area contributed by atoms with Crippen LogP contribution < -0.4 is 10.6 Å². The molecule has 2 aliphatic rings. The van der Waals surface area contributed by atoms with Gasteiger partial charge in [0.15, 0.2) is 0 Å². The largest absolute Gasteiger partial charge is 0.335 e. The Morgan fingerprint density at radius 1 is 0.909 bits per heavy atom. The Morgan fingerprint density at radius 2 is 1.45 bits per heavy atom. The van der Waals surface area contributed by atoms with E-state index in [4.69, 9.17) is 0 Å². The van der Waals surface area contributed by atoms with E-state index < -0.39 is 0 Å². The van der Waals surface area contributed by atoms with Gasteiger partial charge in [-0.05, 0) is 45.7 Å². The van der Waals surface area contributed by atoms with Crippen LogP contribution >= 0.6 is 0 Å². The summed E-state index contributed by atoms with van der Waals surface area (Å²) in [5.74, 6) is -0.172. The van der Waals surface area contributed by atoms with Crippen molar-refractivity contribution in [2.75, 3.05) is 13.1 Å². The molecule has 3 amide bonds. The van der Waals surface area contributed by atoms with Crippen LogP contribution in [-0.2, 0) is 4.79 Å². The van der Waals surface area contributed by atoms with Crippen molar-refractivity contribution in [1.82, 2.24) is 15.5 Å². The first-order valence-electron chi connectivity index (χ1n) is 9.02. The summed E-state index contributed by atoms with van der Waals surface area (Å²) in [7, 11) is 0. The highest BCUT2D eigenvalue weighted by Crippen LogP contribution is 2.17. The zero-order chi connectivity index (χ0) is 15.8. The number of nitrogens with one attached hydrogen (secondary N) is 2. The number of rotatable bonds is 3. The molecule has 5 heteroatoms. The Labute approximate surface area is 134 Å². The second kappa shape index (κ2) is 9.13. The highest BCUT2D eigenvalue weighted by atomic mass is 16.2. The van der Waals surface area contributed by atoms with Crippen molar-refractivity contribution in [3.63, 3.8) is 0 Å². The molecule has 0 radical (unpaired) electrons. The number of hydrogen-bond donors (Lipinski definition) is 2. The number of urea groups is 1. The van der Waals surface area contributed by atoms with Gasteiger partial charge in [0.2, 0.25) is 5.91 Å². The molecule has 1 saturated carbocycles. The molecule has 126 valence electrons. The van der Waals surface area contributed by atoms with Gasteiger partial charge in [0.05, 0.1) is 6.04 Å². The van der Waals surface area contributed by atoms with Gasteiger partial charge in [0, 0.05) is 6.04 Å². The molecular formula is C17H31N3O2. The number of imide groups is 1. The number of likely N-dealkylation sites (tertiary alicyclic amines) is 1. The molecule has 1 atom stereocenters. The summed E-state index contributed by atoms with van der Waals surface area (Å²) in [4.78, 5) is 26.5. The first-order chi connectivity index (χ1) is 10.7. The van der Waals surface area contributed by atoms with Gasteiger partial charge in [0.25, 0.3) is 0 Å². The normalized spacial score (nSPS) is 23.1. The lowest BCUT2D eigenvalue weighted by atomic mass is 9.96. The number of hydrogen-bond acceptors (Lipinski definition) is 3. The van der Waals surface area contributed by atoms with E-state index in [1.807, 2.05) is 6.92 Å². The highest BCUT2D eigenvalue weighted by Gasteiger charge is 2.24. The van der Waals surface area contributed by atoms with Crippen molar-refractivity contribution in [3.8, 4) is 0 Å². The van der Waals surface area contributed by atoms with Gasteiger partial charge >= 0.3 is 6.03 Å². The van der Waals surface area contributed by atoms with Crippen LogP contribution in [0.2, 0.25) is 0 Å². The van der Waals surface area contributed by atoms with E-state index >= 15 is 0 Å². The lowest BCUT2D eigenvalue weighted by molar-refractivity contribution is -0.124. The number of nitrogens with zero attached hydrogens (tertiary/aromatic N) is 1. The predicted octanol–water partition coefficient (Wildman–Crippen LogP) is 2.80. The molecule has 2 rings (SSSR count). The summed E-state index contributed by atoms with van der Waals surface area (Å²) in [6.45, 7) is 3.82. The van der Waals surface area contributed by atoms with E-state index in [2.05, 4.69) is 15.5 Å². The third-order valence-corrected chi connectivity index (χ3v) is 4.99. The van der Waals surface area contributed by atoms with Gasteiger partial charge in [-0.1, -0.05) is 38.5 Å². The third-order valence-electron chi connectivity index (χ3n) is 4.99. The molecule has 1 aliphatic carbocycles. The maximum atomic E-state index is 12.3. The third kappa shape index (κ3) is 5.59.